The summed E-state index contributed by atoms with van der Waals surface area (Å²) in [6.07, 6.45) is 1.28. The summed E-state index contributed by atoms with van der Waals surface area (Å²) in [5.41, 5.74) is 0.110. The van der Waals surface area contributed by atoms with E-state index in [4.69, 9.17) is 4.74 Å². The number of ketones is 1. The monoisotopic (exact) mass is 472 g/mol. The van der Waals surface area contributed by atoms with Gasteiger partial charge in [0.2, 0.25) is 5.91 Å². The van der Waals surface area contributed by atoms with Crippen LogP contribution in [-0.4, -0.2) is 41.0 Å². The molecule has 0 saturated carbocycles. The van der Waals surface area contributed by atoms with Crippen molar-refractivity contribution in [2.75, 3.05) is 6.61 Å². The minimum atomic E-state index is -1.14. The molecular weight excluding hydrogens is 451 g/mol. The van der Waals surface area contributed by atoms with Crippen molar-refractivity contribution in [3.05, 3.63) is 45.2 Å². The van der Waals surface area contributed by atoms with Crippen molar-refractivity contribution in [3.63, 3.8) is 0 Å². The number of ether oxygens (including phenoxy) is 1. The Kier molecular flexibility index (Phi) is 6.76. The SMILES string of the molecule is CC1(C)CC(=O)C=C(C(=O)N[C@@H](CO)C(=O)NCc2cccc(I)c2)O1. The third kappa shape index (κ3) is 5.80. The van der Waals surface area contributed by atoms with Crippen molar-refractivity contribution in [1.82, 2.24) is 10.6 Å². The quantitative estimate of drug-likeness (QED) is 0.537. The Morgan fingerprint density at radius 2 is 2.12 bits per heavy atom. The summed E-state index contributed by atoms with van der Waals surface area (Å²) in [5.74, 6) is -1.62. The zero-order valence-corrected chi connectivity index (χ0v) is 16.7. The molecule has 1 heterocycles. The van der Waals surface area contributed by atoms with Crippen LogP contribution in [0.2, 0.25) is 0 Å². The van der Waals surface area contributed by atoms with Gasteiger partial charge in [-0.05, 0) is 54.1 Å². The molecule has 1 aromatic rings. The number of carbonyl (C=O) groups excluding carboxylic acids is 3. The molecule has 1 aromatic carbocycles. The van der Waals surface area contributed by atoms with Crippen LogP contribution in [0.1, 0.15) is 25.8 Å². The molecule has 3 N–H and O–H groups in total. The molecule has 0 saturated heterocycles. The predicted molar refractivity (Wildman–Crippen MR) is 103 cm³/mol. The normalized spacial score (nSPS) is 16.9. The topological polar surface area (TPSA) is 105 Å². The number of allylic oxidation sites excluding steroid dienone is 1. The van der Waals surface area contributed by atoms with Crippen molar-refractivity contribution in [2.24, 2.45) is 0 Å². The second kappa shape index (κ2) is 8.63. The van der Waals surface area contributed by atoms with Gasteiger partial charge in [0, 0.05) is 22.6 Å². The first kappa shape index (κ1) is 20.4. The van der Waals surface area contributed by atoms with Crippen LogP contribution >= 0.6 is 22.6 Å². The van der Waals surface area contributed by atoms with Gasteiger partial charge in [-0.2, -0.15) is 0 Å². The molecule has 1 atom stereocenters. The predicted octanol–water partition coefficient (Wildman–Crippen LogP) is 1.04. The van der Waals surface area contributed by atoms with Gasteiger partial charge in [-0.15, -0.1) is 0 Å². The maximum absolute atomic E-state index is 12.3. The summed E-state index contributed by atoms with van der Waals surface area (Å²) in [5, 5.41) is 14.5. The van der Waals surface area contributed by atoms with E-state index in [1.54, 1.807) is 13.8 Å². The van der Waals surface area contributed by atoms with Crippen LogP contribution in [0.4, 0.5) is 0 Å². The van der Waals surface area contributed by atoms with E-state index in [1.165, 1.54) is 0 Å². The lowest BCUT2D eigenvalue weighted by atomic mass is 9.98. The van der Waals surface area contributed by atoms with E-state index in [-0.39, 0.29) is 24.5 Å². The highest BCUT2D eigenvalue weighted by Crippen LogP contribution is 2.24. The maximum Gasteiger partial charge on any atom is 0.287 e. The van der Waals surface area contributed by atoms with Crippen LogP contribution in [0.25, 0.3) is 0 Å². The Hall–Kier alpha value is -1.94. The number of rotatable bonds is 6. The van der Waals surface area contributed by atoms with Crippen LogP contribution in [0.5, 0.6) is 0 Å². The minimum Gasteiger partial charge on any atom is -0.482 e. The Morgan fingerprint density at radius 3 is 2.73 bits per heavy atom. The Bertz CT molecular complexity index is 745. The molecule has 0 bridgehead atoms. The Balaban J connectivity index is 1.96. The highest BCUT2D eigenvalue weighted by atomic mass is 127. The van der Waals surface area contributed by atoms with Gasteiger partial charge in [0.25, 0.3) is 5.91 Å². The second-order valence-corrected chi connectivity index (χ2v) is 7.82. The molecule has 140 valence electrons. The van der Waals surface area contributed by atoms with Crippen LogP contribution in [0.15, 0.2) is 36.1 Å². The molecule has 0 radical (unpaired) electrons. The van der Waals surface area contributed by atoms with Crippen molar-refractivity contribution in [3.8, 4) is 0 Å². The minimum absolute atomic E-state index is 0.157. The molecule has 0 aliphatic carbocycles. The van der Waals surface area contributed by atoms with E-state index in [1.807, 2.05) is 24.3 Å². The molecule has 0 unspecified atom stereocenters. The van der Waals surface area contributed by atoms with Crippen molar-refractivity contribution < 1.29 is 24.2 Å². The third-order valence-corrected chi connectivity index (χ3v) is 4.33. The zero-order valence-electron chi connectivity index (χ0n) is 14.5. The molecule has 2 amide bonds. The fourth-order valence-electron chi connectivity index (χ4n) is 2.47. The highest BCUT2D eigenvalue weighted by molar-refractivity contribution is 14.1. The summed E-state index contributed by atoms with van der Waals surface area (Å²) in [6, 6.07) is 6.45. The molecule has 26 heavy (non-hydrogen) atoms. The molecule has 0 aromatic heterocycles. The van der Waals surface area contributed by atoms with Crippen LogP contribution in [0.3, 0.4) is 0 Å². The number of benzene rings is 1. The van der Waals surface area contributed by atoms with E-state index in [0.717, 1.165) is 15.2 Å². The number of amides is 2. The van der Waals surface area contributed by atoms with E-state index in [9.17, 15) is 19.5 Å². The smallest absolute Gasteiger partial charge is 0.287 e. The van der Waals surface area contributed by atoms with Gasteiger partial charge in [-0.1, -0.05) is 12.1 Å². The van der Waals surface area contributed by atoms with Gasteiger partial charge in [0.1, 0.15) is 11.6 Å². The lowest BCUT2D eigenvalue weighted by Gasteiger charge is -2.30. The van der Waals surface area contributed by atoms with Crippen molar-refractivity contribution in [1.29, 1.82) is 0 Å². The lowest BCUT2D eigenvalue weighted by molar-refractivity contribution is -0.134. The van der Waals surface area contributed by atoms with E-state index in [2.05, 4.69) is 33.2 Å². The van der Waals surface area contributed by atoms with Gasteiger partial charge in [-0.3, -0.25) is 14.4 Å². The van der Waals surface area contributed by atoms with Crippen LogP contribution < -0.4 is 10.6 Å². The average molecular weight is 472 g/mol. The van der Waals surface area contributed by atoms with Crippen molar-refractivity contribution in [2.45, 2.75) is 38.5 Å². The van der Waals surface area contributed by atoms with Gasteiger partial charge >= 0.3 is 0 Å². The summed E-state index contributed by atoms with van der Waals surface area (Å²) in [4.78, 5) is 36.2. The third-order valence-electron chi connectivity index (χ3n) is 3.66. The van der Waals surface area contributed by atoms with Gasteiger partial charge in [-0.25, -0.2) is 0 Å². The number of carbonyl (C=O) groups is 3. The van der Waals surface area contributed by atoms with Gasteiger partial charge in [0.15, 0.2) is 11.5 Å². The van der Waals surface area contributed by atoms with Gasteiger partial charge in [0.05, 0.1) is 6.61 Å². The van der Waals surface area contributed by atoms with Gasteiger partial charge < -0.3 is 20.5 Å². The molecule has 8 heteroatoms. The number of hydrogen-bond donors (Lipinski definition) is 3. The molecule has 1 aliphatic heterocycles. The number of aliphatic hydroxyl groups is 1. The number of aliphatic hydroxyl groups excluding tert-OH is 1. The Morgan fingerprint density at radius 1 is 1.38 bits per heavy atom. The molecule has 2 rings (SSSR count). The maximum atomic E-state index is 12.3. The first-order valence-electron chi connectivity index (χ1n) is 8.07. The van der Waals surface area contributed by atoms with E-state index >= 15 is 0 Å². The zero-order chi connectivity index (χ0) is 19.3. The Labute approximate surface area is 165 Å². The molecule has 0 fully saturated rings. The van der Waals surface area contributed by atoms with Crippen LogP contribution in [0, 0.1) is 3.57 Å². The summed E-state index contributed by atoms with van der Waals surface area (Å²) in [6.45, 7) is 3.09. The summed E-state index contributed by atoms with van der Waals surface area (Å²) in [7, 11) is 0. The average Bonchev–Trinajstić information content (AvgIpc) is 2.55. The number of nitrogens with one attached hydrogen (secondary N) is 2. The summed E-state index contributed by atoms with van der Waals surface area (Å²) >= 11 is 2.17. The number of hydrogen-bond acceptors (Lipinski definition) is 5. The largest absolute Gasteiger partial charge is 0.482 e. The fraction of sp³-hybridized carbons (Fsp3) is 0.389. The number of halogens is 1. The van der Waals surface area contributed by atoms with Crippen LogP contribution in [-0.2, 0) is 25.7 Å². The first-order chi connectivity index (χ1) is 12.2. The van der Waals surface area contributed by atoms with E-state index < -0.39 is 30.1 Å². The molecule has 1 aliphatic rings. The second-order valence-electron chi connectivity index (χ2n) is 6.57. The van der Waals surface area contributed by atoms with E-state index in [0.29, 0.717) is 0 Å². The molecule has 0 spiro atoms. The molecular formula is C18H21IN2O5. The fourth-order valence-corrected chi connectivity index (χ4v) is 3.08. The highest BCUT2D eigenvalue weighted by Gasteiger charge is 2.33. The lowest BCUT2D eigenvalue weighted by Crippen LogP contribution is -2.50. The van der Waals surface area contributed by atoms with Crippen molar-refractivity contribution >= 4 is 40.2 Å². The first-order valence-corrected chi connectivity index (χ1v) is 9.15. The standard InChI is InChI=1S/C18H21IN2O5/c1-18(2)8-13(23)7-15(26-18)17(25)21-14(10-22)16(24)20-9-11-4-3-5-12(19)6-11/h3-7,14,22H,8-10H2,1-2H3,(H,20,24)(H,21,25)/t14-/m0/s1. The summed E-state index contributed by atoms with van der Waals surface area (Å²) < 4.78 is 6.52. The molecule has 7 nitrogen and oxygen atoms in total.